The molecule has 1 atom stereocenters. The van der Waals surface area contributed by atoms with Gasteiger partial charge in [0.1, 0.15) is 0 Å². The van der Waals surface area contributed by atoms with Crippen molar-refractivity contribution < 1.29 is 10.2 Å². The van der Waals surface area contributed by atoms with Crippen molar-refractivity contribution >= 4 is 22.9 Å². The van der Waals surface area contributed by atoms with Gasteiger partial charge in [0, 0.05) is 19.6 Å². The number of benzene rings is 1. The third-order valence-electron chi connectivity index (χ3n) is 3.81. The monoisotopic (exact) mass is 342 g/mol. The van der Waals surface area contributed by atoms with Gasteiger partial charge in [-0.15, -0.1) is 0 Å². The smallest absolute Gasteiger partial charge is 0.226 e. The molecule has 3 rings (SSSR count). The zero-order valence-electron chi connectivity index (χ0n) is 14.1. The number of rotatable bonds is 8. The van der Waals surface area contributed by atoms with Crippen LogP contribution in [-0.4, -0.2) is 49.0 Å². The van der Waals surface area contributed by atoms with Gasteiger partial charge in [-0.05, 0) is 12.5 Å². The second-order valence-electron chi connectivity index (χ2n) is 5.66. The summed E-state index contributed by atoms with van der Waals surface area (Å²) in [6.45, 7) is 3.22. The molecule has 2 heterocycles. The molecule has 1 unspecified atom stereocenters. The van der Waals surface area contributed by atoms with Gasteiger partial charge in [-0.3, -0.25) is 0 Å². The van der Waals surface area contributed by atoms with Gasteiger partial charge in [-0.1, -0.05) is 30.3 Å². The maximum absolute atomic E-state index is 9.51. The third kappa shape index (κ3) is 4.04. The van der Waals surface area contributed by atoms with Crippen LogP contribution >= 0.6 is 0 Å². The number of hydrogen-bond acceptors (Lipinski definition) is 7. The van der Waals surface area contributed by atoms with E-state index in [1.807, 2.05) is 41.8 Å². The highest BCUT2D eigenvalue weighted by Crippen LogP contribution is 2.21. The van der Waals surface area contributed by atoms with Gasteiger partial charge in [-0.2, -0.15) is 9.97 Å². The predicted molar refractivity (Wildman–Crippen MR) is 96.3 cm³/mol. The minimum atomic E-state index is -0.865. The van der Waals surface area contributed by atoms with Crippen LogP contribution in [-0.2, 0) is 13.1 Å². The molecule has 0 bridgehead atoms. The molecule has 0 amide bonds. The average Bonchev–Trinajstić information content (AvgIpc) is 3.08. The van der Waals surface area contributed by atoms with Crippen LogP contribution in [0.1, 0.15) is 12.5 Å². The number of aromatic nitrogens is 4. The number of aliphatic hydroxyl groups excluding tert-OH is 2. The van der Waals surface area contributed by atoms with Gasteiger partial charge in [0.2, 0.25) is 5.95 Å². The first-order valence-corrected chi connectivity index (χ1v) is 8.24. The fourth-order valence-corrected chi connectivity index (χ4v) is 2.43. The van der Waals surface area contributed by atoms with Crippen LogP contribution in [0, 0.1) is 0 Å². The standard InChI is InChI=1S/C17H22N6O2/c1-2-23-11-20-14-15(18-8-12-6-4-3-5-7-12)21-17(22-16(14)23)19-9-13(25)10-24/h3-7,11,13,24-25H,2,8-10H2,1H3,(H2,18,19,21,22). The molecule has 2 aromatic heterocycles. The van der Waals surface area contributed by atoms with E-state index in [4.69, 9.17) is 5.11 Å². The van der Waals surface area contributed by atoms with E-state index in [0.717, 1.165) is 12.1 Å². The Hall–Kier alpha value is -2.71. The van der Waals surface area contributed by atoms with Crippen molar-refractivity contribution in [1.82, 2.24) is 19.5 Å². The van der Waals surface area contributed by atoms with Crippen LogP contribution in [0.3, 0.4) is 0 Å². The van der Waals surface area contributed by atoms with E-state index in [2.05, 4.69) is 25.6 Å². The lowest BCUT2D eigenvalue weighted by molar-refractivity contribution is 0.105. The van der Waals surface area contributed by atoms with Crippen molar-refractivity contribution in [3.8, 4) is 0 Å². The van der Waals surface area contributed by atoms with E-state index >= 15 is 0 Å². The Balaban J connectivity index is 1.87. The molecule has 8 heteroatoms. The zero-order valence-corrected chi connectivity index (χ0v) is 14.1. The van der Waals surface area contributed by atoms with E-state index in [1.54, 1.807) is 6.33 Å². The SMILES string of the molecule is CCn1cnc2c(NCc3ccccc3)nc(NCC(O)CO)nc21. The van der Waals surface area contributed by atoms with Crippen molar-refractivity contribution in [2.45, 2.75) is 26.1 Å². The van der Waals surface area contributed by atoms with Crippen LogP contribution in [0.4, 0.5) is 11.8 Å². The summed E-state index contributed by atoms with van der Waals surface area (Å²) in [5.41, 5.74) is 2.55. The molecule has 0 aliphatic rings. The highest BCUT2D eigenvalue weighted by Gasteiger charge is 2.13. The average molecular weight is 342 g/mol. The Labute approximate surface area is 145 Å². The predicted octanol–water partition coefficient (Wildman–Crippen LogP) is 1.22. The number of fused-ring (bicyclic) bond motifs is 1. The zero-order chi connectivity index (χ0) is 17.6. The lowest BCUT2D eigenvalue weighted by Crippen LogP contribution is -2.24. The van der Waals surface area contributed by atoms with Crippen LogP contribution in [0.2, 0.25) is 0 Å². The number of aryl methyl sites for hydroxylation is 1. The molecule has 0 aliphatic heterocycles. The van der Waals surface area contributed by atoms with E-state index in [9.17, 15) is 5.11 Å². The first kappa shape index (κ1) is 17.1. The highest BCUT2D eigenvalue weighted by molar-refractivity contribution is 5.84. The normalized spacial score (nSPS) is 12.3. The summed E-state index contributed by atoms with van der Waals surface area (Å²) in [5.74, 6) is 1.01. The number of nitrogens with one attached hydrogen (secondary N) is 2. The lowest BCUT2D eigenvalue weighted by Gasteiger charge is -2.12. The Bertz CT molecular complexity index is 821. The molecule has 0 radical (unpaired) electrons. The lowest BCUT2D eigenvalue weighted by atomic mass is 10.2. The molecule has 0 spiro atoms. The largest absolute Gasteiger partial charge is 0.394 e. The molecule has 0 fully saturated rings. The van der Waals surface area contributed by atoms with E-state index in [0.29, 0.717) is 29.5 Å². The highest BCUT2D eigenvalue weighted by atomic mass is 16.3. The Morgan fingerprint density at radius 3 is 2.68 bits per heavy atom. The third-order valence-corrected chi connectivity index (χ3v) is 3.81. The van der Waals surface area contributed by atoms with Crippen molar-refractivity contribution in [3.63, 3.8) is 0 Å². The summed E-state index contributed by atoms with van der Waals surface area (Å²) in [6.07, 6.45) is 0.871. The molecule has 0 aliphatic carbocycles. The molecule has 25 heavy (non-hydrogen) atoms. The molecule has 1 aromatic carbocycles. The second-order valence-corrected chi connectivity index (χ2v) is 5.66. The summed E-state index contributed by atoms with van der Waals surface area (Å²) in [4.78, 5) is 13.4. The van der Waals surface area contributed by atoms with Gasteiger partial charge >= 0.3 is 0 Å². The maximum Gasteiger partial charge on any atom is 0.226 e. The van der Waals surface area contributed by atoms with Crippen LogP contribution in [0.15, 0.2) is 36.7 Å². The quantitative estimate of drug-likeness (QED) is 0.487. The van der Waals surface area contributed by atoms with Gasteiger partial charge < -0.3 is 25.4 Å². The topological polar surface area (TPSA) is 108 Å². The van der Waals surface area contributed by atoms with E-state index in [1.165, 1.54) is 0 Å². The van der Waals surface area contributed by atoms with Crippen molar-refractivity contribution in [1.29, 1.82) is 0 Å². The Kier molecular flexibility index (Phi) is 5.42. The van der Waals surface area contributed by atoms with Crippen molar-refractivity contribution in [2.24, 2.45) is 0 Å². The first-order valence-electron chi connectivity index (χ1n) is 8.24. The number of anilines is 2. The number of aliphatic hydroxyl groups is 2. The minimum absolute atomic E-state index is 0.167. The van der Waals surface area contributed by atoms with Gasteiger partial charge in [0.05, 0.1) is 19.0 Å². The molecular formula is C17H22N6O2. The summed E-state index contributed by atoms with van der Waals surface area (Å²) >= 11 is 0. The van der Waals surface area contributed by atoms with Crippen LogP contribution in [0.5, 0.6) is 0 Å². The summed E-state index contributed by atoms with van der Waals surface area (Å²) in [7, 11) is 0. The molecule has 3 aromatic rings. The molecule has 4 N–H and O–H groups in total. The first-order chi connectivity index (χ1) is 12.2. The van der Waals surface area contributed by atoms with Gasteiger partial charge in [-0.25, -0.2) is 4.98 Å². The fourth-order valence-electron chi connectivity index (χ4n) is 2.43. The number of imidazole rings is 1. The molecular weight excluding hydrogens is 320 g/mol. The van der Waals surface area contributed by atoms with Crippen molar-refractivity contribution in [3.05, 3.63) is 42.2 Å². The van der Waals surface area contributed by atoms with Crippen LogP contribution < -0.4 is 10.6 Å². The molecule has 132 valence electrons. The maximum atomic E-state index is 9.51. The van der Waals surface area contributed by atoms with Gasteiger partial charge in [0.15, 0.2) is 17.0 Å². The Morgan fingerprint density at radius 1 is 1.16 bits per heavy atom. The van der Waals surface area contributed by atoms with Gasteiger partial charge in [0.25, 0.3) is 0 Å². The summed E-state index contributed by atoms with van der Waals surface area (Å²) in [6, 6.07) is 10.0. The Morgan fingerprint density at radius 2 is 1.96 bits per heavy atom. The number of hydrogen-bond donors (Lipinski definition) is 4. The van der Waals surface area contributed by atoms with Crippen LogP contribution in [0.25, 0.3) is 11.2 Å². The minimum Gasteiger partial charge on any atom is -0.394 e. The van der Waals surface area contributed by atoms with E-state index < -0.39 is 6.10 Å². The molecule has 0 saturated carbocycles. The van der Waals surface area contributed by atoms with Crippen molar-refractivity contribution in [2.75, 3.05) is 23.8 Å². The summed E-state index contributed by atoms with van der Waals surface area (Å²) < 4.78 is 1.93. The molecule has 8 nitrogen and oxygen atoms in total. The van der Waals surface area contributed by atoms with E-state index in [-0.39, 0.29) is 13.2 Å². The second kappa shape index (κ2) is 7.91. The summed E-state index contributed by atoms with van der Waals surface area (Å²) in [5, 5.41) is 24.7. The fraction of sp³-hybridized carbons (Fsp3) is 0.353. The molecule has 0 saturated heterocycles. The number of nitrogens with zero attached hydrogens (tertiary/aromatic N) is 4.